The van der Waals surface area contributed by atoms with E-state index in [2.05, 4.69) is 16.6 Å². The molecule has 0 aromatic heterocycles. The monoisotopic (exact) mass is 138 g/mol. The Balaban J connectivity index is 4.42. The van der Waals surface area contributed by atoms with Crippen LogP contribution in [-0.2, 0) is 0 Å². The zero-order chi connectivity index (χ0) is 6.62. The molecular formula is C6H3ClSi. The molecule has 0 bridgehead atoms. The van der Waals surface area contributed by atoms with Crippen LogP contribution in [0.25, 0.3) is 0 Å². The lowest BCUT2D eigenvalue weighted by molar-refractivity contribution is 2.59. The molecule has 0 aliphatic heterocycles. The van der Waals surface area contributed by atoms with Crippen molar-refractivity contribution in [2.24, 2.45) is 0 Å². The predicted molar refractivity (Wildman–Crippen MR) is 38.1 cm³/mol. The average molecular weight is 139 g/mol. The van der Waals surface area contributed by atoms with Gasteiger partial charge in [-0.3, -0.25) is 0 Å². The molecule has 0 aromatic carbocycles. The Morgan fingerprint density at radius 1 is 1.00 bits per heavy atom. The van der Waals surface area contributed by atoms with Gasteiger partial charge in [0, 0.05) is 0 Å². The fourth-order valence-electron chi connectivity index (χ4n) is 0.125. The first kappa shape index (κ1) is 7.19. The van der Waals surface area contributed by atoms with Gasteiger partial charge in [0.2, 0.25) is 0 Å². The van der Waals surface area contributed by atoms with Gasteiger partial charge in [-0.05, 0) is 0 Å². The summed E-state index contributed by atoms with van der Waals surface area (Å²) in [6.45, 7) is 0. The first-order valence-electron chi connectivity index (χ1n) is 1.81. The maximum atomic E-state index is 5.52. The molecule has 0 atom stereocenters. The van der Waals surface area contributed by atoms with Crippen LogP contribution >= 0.6 is 11.1 Å². The number of terminal acetylenes is 3. The molecule has 0 spiro atoms. The van der Waals surface area contributed by atoms with E-state index < -0.39 is 7.38 Å². The molecule has 0 unspecified atom stereocenters. The topological polar surface area (TPSA) is 0 Å². The molecule has 2 heteroatoms. The quantitative estimate of drug-likeness (QED) is 0.263. The van der Waals surface area contributed by atoms with Crippen molar-refractivity contribution in [2.45, 2.75) is 0 Å². The van der Waals surface area contributed by atoms with E-state index in [0.717, 1.165) is 0 Å². The summed E-state index contributed by atoms with van der Waals surface area (Å²) >= 11 is 5.52. The highest BCUT2D eigenvalue weighted by molar-refractivity contribution is 7.33. The molecule has 0 rings (SSSR count). The largest absolute Gasteiger partial charge is 0.386 e. The van der Waals surface area contributed by atoms with Crippen LogP contribution < -0.4 is 0 Å². The summed E-state index contributed by atoms with van der Waals surface area (Å²) in [4.78, 5) is 0. The van der Waals surface area contributed by atoms with Gasteiger partial charge < -0.3 is 0 Å². The summed E-state index contributed by atoms with van der Waals surface area (Å²) in [6, 6.07) is 0. The molecule has 0 amide bonds. The second kappa shape index (κ2) is 2.48. The van der Waals surface area contributed by atoms with E-state index in [-0.39, 0.29) is 0 Å². The lowest BCUT2D eigenvalue weighted by Crippen LogP contribution is -2.19. The zero-order valence-corrected chi connectivity index (χ0v) is 5.87. The Hall–Kier alpha value is -0.813. The smallest absolute Gasteiger partial charge is 0.124 e. The van der Waals surface area contributed by atoms with Gasteiger partial charge in [0.25, 0.3) is 0 Å². The molecule has 38 valence electrons. The van der Waals surface area contributed by atoms with Gasteiger partial charge in [-0.1, -0.05) is 16.6 Å². The molecule has 0 heterocycles. The van der Waals surface area contributed by atoms with E-state index >= 15 is 0 Å². The van der Waals surface area contributed by atoms with Crippen molar-refractivity contribution in [3.8, 4) is 35.9 Å². The van der Waals surface area contributed by atoms with Gasteiger partial charge in [0.1, 0.15) is 0 Å². The summed E-state index contributed by atoms with van der Waals surface area (Å²) in [7, 11) is -2.62. The summed E-state index contributed by atoms with van der Waals surface area (Å²) in [5, 5.41) is 0. The fraction of sp³-hybridized carbons (Fsp3) is 0. The number of rotatable bonds is 0. The molecule has 0 nitrogen and oxygen atoms in total. The van der Waals surface area contributed by atoms with E-state index in [0.29, 0.717) is 0 Å². The third kappa shape index (κ3) is 1.36. The second-order valence-electron chi connectivity index (χ2n) is 1.09. The minimum Gasteiger partial charge on any atom is -0.124 e. The molecule has 0 saturated carbocycles. The van der Waals surface area contributed by atoms with Crippen molar-refractivity contribution in [2.75, 3.05) is 0 Å². The lowest BCUT2D eigenvalue weighted by Gasteiger charge is -1.95. The maximum absolute atomic E-state index is 5.52. The van der Waals surface area contributed by atoms with Crippen LogP contribution in [0.4, 0.5) is 0 Å². The molecule has 0 aromatic rings. The molecule has 8 heavy (non-hydrogen) atoms. The Kier molecular flexibility index (Phi) is 2.23. The Bertz CT molecular complexity index is 162. The molecule has 0 aliphatic carbocycles. The Morgan fingerprint density at radius 2 is 1.25 bits per heavy atom. The van der Waals surface area contributed by atoms with Crippen LogP contribution in [0, 0.1) is 35.9 Å². The third-order valence-corrected chi connectivity index (χ3v) is 2.77. The highest BCUT2D eigenvalue weighted by Gasteiger charge is 2.21. The molecular weight excluding hydrogens is 136 g/mol. The summed E-state index contributed by atoms with van der Waals surface area (Å²) < 4.78 is 0. The number of hydrogen-bond donors (Lipinski definition) is 0. The zero-order valence-electron chi connectivity index (χ0n) is 4.11. The second-order valence-corrected chi connectivity index (χ2v) is 4.98. The van der Waals surface area contributed by atoms with Gasteiger partial charge in [0.05, 0.1) is 0 Å². The van der Waals surface area contributed by atoms with Gasteiger partial charge in [-0.15, -0.1) is 30.3 Å². The normalized spacial score (nSPS) is 8.25. The summed E-state index contributed by atoms with van der Waals surface area (Å²) in [5.74, 6) is 0. The van der Waals surface area contributed by atoms with Crippen LogP contribution in [-0.4, -0.2) is 7.38 Å². The molecule has 0 aliphatic rings. The maximum Gasteiger partial charge on any atom is 0.386 e. The van der Waals surface area contributed by atoms with Crippen molar-refractivity contribution >= 4 is 18.5 Å². The first-order valence-corrected chi connectivity index (χ1v) is 4.82. The van der Waals surface area contributed by atoms with Gasteiger partial charge >= 0.3 is 7.38 Å². The predicted octanol–water partition coefficient (Wildman–Crippen LogP) is 0.688. The standard InChI is InChI=1S/C6H3ClSi/c1-4-8(7,5-2)6-3/h1-3H. The van der Waals surface area contributed by atoms with E-state index in [9.17, 15) is 0 Å². The molecule has 0 fully saturated rings. The van der Waals surface area contributed by atoms with E-state index in [1.165, 1.54) is 0 Å². The van der Waals surface area contributed by atoms with E-state index in [1.54, 1.807) is 0 Å². The molecule has 0 N–H and O–H groups in total. The Morgan fingerprint density at radius 3 is 1.25 bits per heavy atom. The van der Waals surface area contributed by atoms with Crippen molar-refractivity contribution in [1.82, 2.24) is 0 Å². The fourth-order valence-corrected chi connectivity index (χ4v) is 0.375. The van der Waals surface area contributed by atoms with Crippen LogP contribution in [0.15, 0.2) is 0 Å². The van der Waals surface area contributed by atoms with Crippen LogP contribution in [0.3, 0.4) is 0 Å². The van der Waals surface area contributed by atoms with Crippen molar-refractivity contribution in [3.63, 3.8) is 0 Å². The van der Waals surface area contributed by atoms with Crippen LogP contribution in [0.5, 0.6) is 0 Å². The van der Waals surface area contributed by atoms with Crippen molar-refractivity contribution in [1.29, 1.82) is 0 Å². The molecule has 0 saturated heterocycles. The van der Waals surface area contributed by atoms with E-state index in [4.69, 9.17) is 30.3 Å². The Labute approximate surface area is 55.0 Å². The van der Waals surface area contributed by atoms with E-state index in [1.807, 2.05) is 0 Å². The van der Waals surface area contributed by atoms with Gasteiger partial charge in [-0.25, -0.2) is 0 Å². The number of hydrogen-bond acceptors (Lipinski definition) is 0. The number of halogens is 1. The highest BCUT2D eigenvalue weighted by atomic mass is 35.6. The minimum absolute atomic E-state index is 2.21. The lowest BCUT2D eigenvalue weighted by atomic mass is 11.3. The van der Waals surface area contributed by atoms with Crippen LogP contribution in [0.2, 0.25) is 0 Å². The third-order valence-electron chi connectivity index (χ3n) is 0.597. The molecule has 0 radical (unpaired) electrons. The minimum atomic E-state index is -2.62. The average Bonchev–Trinajstić information content (AvgIpc) is 1.87. The highest BCUT2D eigenvalue weighted by Crippen LogP contribution is 2.01. The first-order chi connectivity index (χ1) is 3.68. The summed E-state index contributed by atoms with van der Waals surface area (Å²) in [5.41, 5.74) is 6.63. The van der Waals surface area contributed by atoms with Crippen LogP contribution in [0.1, 0.15) is 0 Å². The van der Waals surface area contributed by atoms with Crippen molar-refractivity contribution < 1.29 is 0 Å². The van der Waals surface area contributed by atoms with Gasteiger partial charge in [-0.2, -0.15) is 0 Å². The SMILES string of the molecule is C#C[Si](Cl)(C#C)C#C. The van der Waals surface area contributed by atoms with Gasteiger partial charge in [0.15, 0.2) is 0 Å². The van der Waals surface area contributed by atoms with Crippen molar-refractivity contribution in [3.05, 3.63) is 0 Å². The summed E-state index contributed by atoms with van der Waals surface area (Å²) in [6.07, 6.45) is 14.8.